The molecule has 0 aliphatic heterocycles. The second-order valence-electron chi connectivity index (χ2n) is 23.4. The van der Waals surface area contributed by atoms with Crippen molar-refractivity contribution in [2.75, 3.05) is 13.2 Å². The fourth-order valence-corrected chi connectivity index (χ4v) is 10.2. The topological polar surface area (TPSA) is 78.9 Å². The lowest BCUT2D eigenvalue weighted by Gasteiger charge is -2.18. The summed E-state index contributed by atoms with van der Waals surface area (Å²) >= 11 is 0. The zero-order valence-electron chi connectivity index (χ0n) is 53.3. The smallest absolute Gasteiger partial charge is 0.306 e. The van der Waals surface area contributed by atoms with Crippen molar-refractivity contribution in [3.8, 4) is 0 Å². The molecule has 0 bridgehead atoms. The van der Waals surface area contributed by atoms with E-state index in [4.69, 9.17) is 14.2 Å². The van der Waals surface area contributed by atoms with Gasteiger partial charge in [-0.1, -0.05) is 306 Å². The van der Waals surface area contributed by atoms with E-state index in [2.05, 4.69) is 93.7 Å². The Morgan fingerprint density at radius 1 is 0.263 bits per heavy atom. The number of unbranched alkanes of at least 4 members (excludes halogenated alkanes) is 41. The van der Waals surface area contributed by atoms with E-state index in [0.29, 0.717) is 19.3 Å². The van der Waals surface area contributed by atoms with Gasteiger partial charge >= 0.3 is 17.9 Å². The van der Waals surface area contributed by atoms with Gasteiger partial charge in [0, 0.05) is 19.3 Å². The van der Waals surface area contributed by atoms with Gasteiger partial charge in [0.25, 0.3) is 0 Å². The van der Waals surface area contributed by atoms with Crippen molar-refractivity contribution < 1.29 is 28.6 Å². The highest BCUT2D eigenvalue weighted by atomic mass is 16.6. The number of rotatable bonds is 64. The number of hydrogen-bond acceptors (Lipinski definition) is 6. The highest BCUT2D eigenvalue weighted by Gasteiger charge is 2.19. The van der Waals surface area contributed by atoms with Gasteiger partial charge in [0.2, 0.25) is 0 Å². The first-order chi connectivity index (χ1) is 39.5. The van der Waals surface area contributed by atoms with Crippen LogP contribution in [0, 0.1) is 0 Å². The fraction of sp³-hybridized carbons (Fsp3) is 0.797. The molecule has 6 heteroatoms. The molecule has 0 aromatic heterocycles. The summed E-state index contributed by atoms with van der Waals surface area (Å²) in [5, 5.41) is 0. The third-order valence-electron chi connectivity index (χ3n) is 15.4. The Bertz CT molecular complexity index is 1470. The molecule has 0 N–H and O–H groups in total. The SMILES string of the molecule is CC/C=C\C/C=C\C/C=C\C/C=C\CCCCCCCCCCCCCCCCCCCCC(=O)OCC(COC(=O)CCCCCCC/C=C\CCCCC)OC(=O)CCCCCCCCCCC/C=C\CCCCCCCC. The minimum absolute atomic E-state index is 0.0744. The Morgan fingerprint density at radius 3 is 0.800 bits per heavy atom. The Kier molecular flexibility index (Phi) is 65.7. The molecule has 6 nitrogen and oxygen atoms in total. The Balaban J connectivity index is 4.17. The molecule has 0 saturated carbocycles. The van der Waals surface area contributed by atoms with Crippen LogP contribution in [0.5, 0.6) is 0 Å². The molecule has 464 valence electrons. The lowest BCUT2D eigenvalue weighted by molar-refractivity contribution is -0.167. The first-order valence-electron chi connectivity index (χ1n) is 34.9. The summed E-state index contributed by atoms with van der Waals surface area (Å²) in [6.07, 6.45) is 89.3. The third kappa shape index (κ3) is 65.7. The first-order valence-corrected chi connectivity index (χ1v) is 34.9. The van der Waals surface area contributed by atoms with Gasteiger partial charge < -0.3 is 14.2 Å². The van der Waals surface area contributed by atoms with E-state index in [1.807, 2.05) is 0 Å². The van der Waals surface area contributed by atoms with Crippen LogP contribution in [0.25, 0.3) is 0 Å². The van der Waals surface area contributed by atoms with Gasteiger partial charge in [0.05, 0.1) is 0 Å². The number of esters is 3. The Labute approximate surface area is 497 Å². The maximum absolute atomic E-state index is 12.9. The minimum Gasteiger partial charge on any atom is -0.462 e. The first kappa shape index (κ1) is 76.9. The lowest BCUT2D eigenvalue weighted by Crippen LogP contribution is -2.30. The number of hydrogen-bond donors (Lipinski definition) is 0. The maximum atomic E-state index is 12.9. The van der Waals surface area contributed by atoms with Crippen molar-refractivity contribution in [3.63, 3.8) is 0 Å². The summed E-state index contributed by atoms with van der Waals surface area (Å²) in [6.45, 7) is 6.54. The largest absolute Gasteiger partial charge is 0.462 e. The van der Waals surface area contributed by atoms with Crippen LogP contribution in [0.1, 0.15) is 361 Å². The van der Waals surface area contributed by atoms with Gasteiger partial charge in [-0.25, -0.2) is 0 Å². The van der Waals surface area contributed by atoms with Crippen LogP contribution in [0.3, 0.4) is 0 Å². The molecule has 0 saturated heterocycles. The van der Waals surface area contributed by atoms with Crippen molar-refractivity contribution >= 4 is 17.9 Å². The normalized spacial score (nSPS) is 12.5. The average Bonchev–Trinajstić information content (AvgIpc) is 3.46. The standard InChI is InChI=1S/C74H132O6/c1-4-7-10-13-16-19-22-25-27-29-31-32-33-34-35-36-37-38-39-40-41-42-44-45-47-49-52-55-58-61-64-67-73(76)79-70-71(69-78-72(75)66-63-60-57-54-51-24-21-18-15-12-9-6-3)80-74(77)68-65-62-59-56-53-50-48-46-43-30-28-26-23-20-17-14-11-8-5-2/h7,10,16,18-19,21,25-28,31-32,71H,4-6,8-9,11-15,17,20,22-24,29-30,33-70H2,1-3H3/b10-7-,19-16-,21-18-,27-25-,28-26-,32-31-. The van der Waals surface area contributed by atoms with Crippen LogP contribution in [0.15, 0.2) is 72.9 Å². The van der Waals surface area contributed by atoms with E-state index >= 15 is 0 Å². The molecule has 0 rings (SSSR count). The zero-order chi connectivity index (χ0) is 57.8. The molecule has 0 aromatic rings. The molecule has 0 radical (unpaired) electrons. The van der Waals surface area contributed by atoms with E-state index in [0.717, 1.165) is 89.9 Å². The molecule has 0 heterocycles. The lowest BCUT2D eigenvalue weighted by atomic mass is 10.0. The molecular weight excluding hydrogens is 985 g/mol. The minimum atomic E-state index is -0.778. The van der Waals surface area contributed by atoms with Gasteiger partial charge in [-0.05, 0) is 109 Å². The second-order valence-corrected chi connectivity index (χ2v) is 23.4. The molecule has 0 fully saturated rings. The van der Waals surface area contributed by atoms with Crippen molar-refractivity contribution in [1.82, 2.24) is 0 Å². The van der Waals surface area contributed by atoms with E-state index < -0.39 is 6.10 Å². The van der Waals surface area contributed by atoms with Gasteiger partial charge in [-0.2, -0.15) is 0 Å². The summed E-state index contributed by atoms with van der Waals surface area (Å²) in [6, 6.07) is 0. The van der Waals surface area contributed by atoms with E-state index in [1.54, 1.807) is 0 Å². The fourth-order valence-electron chi connectivity index (χ4n) is 10.2. The van der Waals surface area contributed by atoms with Crippen molar-refractivity contribution in [3.05, 3.63) is 72.9 Å². The van der Waals surface area contributed by atoms with E-state index in [9.17, 15) is 14.4 Å². The summed E-state index contributed by atoms with van der Waals surface area (Å²) in [7, 11) is 0. The summed E-state index contributed by atoms with van der Waals surface area (Å²) in [5.41, 5.74) is 0. The van der Waals surface area contributed by atoms with Crippen LogP contribution in [-0.2, 0) is 28.6 Å². The van der Waals surface area contributed by atoms with Gasteiger partial charge in [0.1, 0.15) is 13.2 Å². The zero-order valence-corrected chi connectivity index (χ0v) is 53.3. The monoisotopic (exact) mass is 1120 g/mol. The van der Waals surface area contributed by atoms with Crippen molar-refractivity contribution in [2.24, 2.45) is 0 Å². The number of carbonyl (C=O) groups is 3. The summed E-state index contributed by atoms with van der Waals surface area (Å²) in [5.74, 6) is -0.866. The van der Waals surface area contributed by atoms with Crippen LogP contribution in [0.2, 0.25) is 0 Å². The predicted octanol–water partition coefficient (Wildman–Crippen LogP) is 24.1. The van der Waals surface area contributed by atoms with E-state index in [1.165, 1.54) is 231 Å². The molecule has 1 unspecified atom stereocenters. The van der Waals surface area contributed by atoms with Crippen LogP contribution in [0.4, 0.5) is 0 Å². The molecular formula is C74H132O6. The quantitative estimate of drug-likeness (QED) is 0.0261. The maximum Gasteiger partial charge on any atom is 0.306 e. The highest BCUT2D eigenvalue weighted by molar-refractivity contribution is 5.71. The molecule has 1 atom stereocenters. The predicted molar refractivity (Wildman–Crippen MR) is 348 cm³/mol. The molecule has 0 aliphatic carbocycles. The van der Waals surface area contributed by atoms with E-state index in [-0.39, 0.29) is 31.1 Å². The van der Waals surface area contributed by atoms with Crippen molar-refractivity contribution in [1.29, 1.82) is 0 Å². The van der Waals surface area contributed by atoms with Crippen LogP contribution >= 0.6 is 0 Å². The highest BCUT2D eigenvalue weighted by Crippen LogP contribution is 2.18. The average molecular weight is 1120 g/mol. The Morgan fingerprint density at radius 2 is 0.487 bits per heavy atom. The summed E-state index contributed by atoms with van der Waals surface area (Å²) < 4.78 is 17.0. The van der Waals surface area contributed by atoms with Crippen LogP contribution < -0.4 is 0 Å². The molecule has 0 amide bonds. The van der Waals surface area contributed by atoms with Gasteiger partial charge in [0.15, 0.2) is 6.10 Å². The number of carbonyl (C=O) groups excluding carboxylic acids is 3. The molecule has 80 heavy (non-hydrogen) atoms. The molecule has 0 spiro atoms. The van der Waals surface area contributed by atoms with Gasteiger partial charge in [-0.15, -0.1) is 0 Å². The van der Waals surface area contributed by atoms with Gasteiger partial charge in [-0.3, -0.25) is 14.4 Å². The number of ether oxygens (including phenoxy) is 3. The Hall–Kier alpha value is -3.15. The van der Waals surface area contributed by atoms with Crippen LogP contribution in [-0.4, -0.2) is 37.2 Å². The van der Waals surface area contributed by atoms with Crippen molar-refractivity contribution in [2.45, 2.75) is 367 Å². The second kappa shape index (κ2) is 68.3. The summed E-state index contributed by atoms with van der Waals surface area (Å²) in [4.78, 5) is 38.4. The molecule has 0 aliphatic rings. The third-order valence-corrected chi connectivity index (χ3v) is 15.4. The molecule has 0 aromatic carbocycles. The number of allylic oxidation sites excluding steroid dienone is 12.